The van der Waals surface area contributed by atoms with Crippen molar-refractivity contribution < 1.29 is 20.4 Å². The maximum atomic E-state index is 10.7. The maximum Gasteiger partial charge on any atom is 0.123 e. The number of aromatic hydroxyl groups is 1. The summed E-state index contributed by atoms with van der Waals surface area (Å²) in [5.41, 5.74) is 5.41. The standard InChI is InChI=1S/C36H44O4/c1-8-29(21-32(26(6)38)23(3)25(5)37)36(7,30-17-15-28(16-18-30)27-13-11-10-12-14-27)31-19-20-35(40)33(22-31)24(4)34(39)9-2/h8-9,15-22,27,37-40H,2,6,10-14H2,1,3-5,7H3/b25-23-,29-8+,32-21-,34-24-. The topological polar surface area (TPSA) is 80.9 Å². The highest BCUT2D eigenvalue weighted by Gasteiger charge is 2.34. The molecule has 1 saturated carbocycles. The molecule has 1 unspecified atom stereocenters. The first-order chi connectivity index (χ1) is 18.9. The van der Waals surface area contributed by atoms with Gasteiger partial charge in [-0.2, -0.15) is 0 Å². The molecule has 4 nitrogen and oxygen atoms in total. The van der Waals surface area contributed by atoms with Gasteiger partial charge in [0.05, 0.1) is 5.76 Å². The first-order valence-electron chi connectivity index (χ1n) is 14.1. The second kappa shape index (κ2) is 13.0. The van der Waals surface area contributed by atoms with Gasteiger partial charge in [0.25, 0.3) is 0 Å². The Hall–Kier alpha value is -3.92. The number of phenols is 1. The minimum atomic E-state index is -0.725. The molecule has 212 valence electrons. The van der Waals surface area contributed by atoms with Crippen LogP contribution in [0, 0.1) is 0 Å². The molecule has 1 aliphatic carbocycles. The van der Waals surface area contributed by atoms with Crippen molar-refractivity contribution in [2.45, 2.75) is 78.1 Å². The monoisotopic (exact) mass is 540 g/mol. The summed E-state index contributed by atoms with van der Waals surface area (Å²) >= 11 is 0. The first kappa shape index (κ1) is 30.6. The quantitative estimate of drug-likeness (QED) is 0.188. The van der Waals surface area contributed by atoms with Crippen molar-refractivity contribution >= 4 is 5.57 Å². The molecule has 3 rings (SSSR count). The summed E-state index contributed by atoms with van der Waals surface area (Å²) in [6.45, 7) is 16.5. The fraction of sp³-hybridized carbons (Fsp3) is 0.333. The second-order valence-corrected chi connectivity index (χ2v) is 11.0. The van der Waals surface area contributed by atoms with Gasteiger partial charge < -0.3 is 20.4 Å². The highest BCUT2D eigenvalue weighted by molar-refractivity contribution is 5.73. The molecule has 1 aliphatic rings. The van der Waals surface area contributed by atoms with Crippen LogP contribution in [-0.2, 0) is 5.41 Å². The van der Waals surface area contributed by atoms with Crippen molar-refractivity contribution in [3.63, 3.8) is 0 Å². The fourth-order valence-electron chi connectivity index (χ4n) is 5.74. The molecule has 1 fully saturated rings. The molecule has 4 heteroatoms. The van der Waals surface area contributed by atoms with Crippen molar-refractivity contribution in [1.29, 1.82) is 0 Å². The second-order valence-electron chi connectivity index (χ2n) is 11.0. The largest absolute Gasteiger partial charge is 0.512 e. The molecule has 40 heavy (non-hydrogen) atoms. The van der Waals surface area contributed by atoms with Crippen molar-refractivity contribution in [2.24, 2.45) is 0 Å². The minimum absolute atomic E-state index is 0.00445. The Bertz CT molecular complexity index is 1370. The molecule has 2 aromatic rings. The zero-order valence-corrected chi connectivity index (χ0v) is 24.6. The van der Waals surface area contributed by atoms with Gasteiger partial charge >= 0.3 is 0 Å². The van der Waals surface area contributed by atoms with E-state index in [1.165, 1.54) is 43.7 Å². The SMILES string of the molecule is C=C/C(O)=C(\C)c1cc(C(C)(C(/C=C(C(=C)O)/C(C)=C(/C)O)=C/C)c2ccc(C3CCCCC3)cc2)ccc1O. The number of allylic oxidation sites excluding steroid dienone is 7. The van der Waals surface area contributed by atoms with Crippen LogP contribution in [0.25, 0.3) is 5.57 Å². The third kappa shape index (κ3) is 6.28. The van der Waals surface area contributed by atoms with Crippen LogP contribution in [0.15, 0.2) is 108 Å². The van der Waals surface area contributed by atoms with Gasteiger partial charge in [-0.05, 0) is 105 Å². The molecule has 0 heterocycles. The van der Waals surface area contributed by atoms with Crippen molar-refractivity contribution in [2.75, 3.05) is 0 Å². The van der Waals surface area contributed by atoms with E-state index in [0.717, 1.165) is 16.7 Å². The van der Waals surface area contributed by atoms with Crippen LogP contribution < -0.4 is 0 Å². The zero-order valence-electron chi connectivity index (χ0n) is 24.6. The highest BCUT2D eigenvalue weighted by Crippen LogP contribution is 2.44. The van der Waals surface area contributed by atoms with Gasteiger partial charge in [-0.15, -0.1) is 0 Å². The van der Waals surface area contributed by atoms with Gasteiger partial charge in [0.1, 0.15) is 17.3 Å². The zero-order chi connectivity index (χ0) is 29.6. The molecule has 2 aromatic carbocycles. The summed E-state index contributed by atoms with van der Waals surface area (Å²) in [6, 6.07) is 14.2. The number of aliphatic hydroxyl groups is 3. The Balaban J connectivity index is 2.30. The van der Waals surface area contributed by atoms with Crippen molar-refractivity contribution in [3.05, 3.63) is 130 Å². The average molecular weight is 541 g/mol. The summed E-state index contributed by atoms with van der Waals surface area (Å²) in [5, 5.41) is 41.8. The summed E-state index contributed by atoms with van der Waals surface area (Å²) in [6.07, 6.45) is 11.5. The van der Waals surface area contributed by atoms with E-state index in [2.05, 4.69) is 44.3 Å². The van der Waals surface area contributed by atoms with E-state index in [1.54, 1.807) is 26.8 Å². The van der Waals surface area contributed by atoms with Gasteiger partial charge in [0.2, 0.25) is 0 Å². The molecule has 0 aliphatic heterocycles. The molecule has 1 atom stereocenters. The summed E-state index contributed by atoms with van der Waals surface area (Å²) in [7, 11) is 0. The van der Waals surface area contributed by atoms with E-state index in [1.807, 2.05) is 31.2 Å². The first-order valence-corrected chi connectivity index (χ1v) is 14.1. The fourth-order valence-corrected chi connectivity index (χ4v) is 5.74. The Morgan fingerprint density at radius 2 is 1.52 bits per heavy atom. The lowest BCUT2D eigenvalue weighted by Crippen LogP contribution is -2.26. The van der Waals surface area contributed by atoms with Crippen molar-refractivity contribution in [3.8, 4) is 5.75 Å². The van der Waals surface area contributed by atoms with Crippen LogP contribution in [0.3, 0.4) is 0 Å². The normalized spacial score (nSPS) is 17.9. The van der Waals surface area contributed by atoms with Crippen LogP contribution in [-0.4, -0.2) is 20.4 Å². The summed E-state index contributed by atoms with van der Waals surface area (Å²) < 4.78 is 0. The Morgan fingerprint density at radius 1 is 0.925 bits per heavy atom. The molecule has 0 radical (unpaired) electrons. The van der Waals surface area contributed by atoms with E-state index in [9.17, 15) is 20.4 Å². The van der Waals surface area contributed by atoms with Crippen molar-refractivity contribution in [1.82, 2.24) is 0 Å². The third-order valence-electron chi connectivity index (χ3n) is 8.57. The van der Waals surface area contributed by atoms with Crippen LogP contribution in [0.5, 0.6) is 5.75 Å². The van der Waals surface area contributed by atoms with Crippen LogP contribution in [0.1, 0.15) is 94.9 Å². The van der Waals surface area contributed by atoms with Gasteiger partial charge in [0, 0.05) is 22.1 Å². The number of aliphatic hydroxyl groups excluding tert-OH is 3. The average Bonchev–Trinajstić information content (AvgIpc) is 2.96. The van der Waals surface area contributed by atoms with E-state index in [0.29, 0.717) is 28.2 Å². The Morgan fingerprint density at radius 3 is 2.05 bits per heavy atom. The summed E-state index contributed by atoms with van der Waals surface area (Å²) in [4.78, 5) is 0. The Kier molecular flexibility index (Phi) is 9.92. The summed E-state index contributed by atoms with van der Waals surface area (Å²) in [5.74, 6) is 0.593. The number of hydrogen-bond donors (Lipinski definition) is 4. The van der Waals surface area contributed by atoms with Crippen LogP contribution >= 0.6 is 0 Å². The molecule has 0 bridgehead atoms. The van der Waals surface area contributed by atoms with E-state index in [-0.39, 0.29) is 23.0 Å². The van der Waals surface area contributed by atoms with Gasteiger partial charge in [0.15, 0.2) is 0 Å². The highest BCUT2D eigenvalue weighted by atomic mass is 16.3. The molecular weight excluding hydrogens is 496 g/mol. The van der Waals surface area contributed by atoms with Crippen LogP contribution in [0.2, 0.25) is 0 Å². The smallest absolute Gasteiger partial charge is 0.123 e. The lowest BCUT2D eigenvalue weighted by molar-refractivity contribution is 0.401. The lowest BCUT2D eigenvalue weighted by Gasteiger charge is -2.34. The van der Waals surface area contributed by atoms with E-state index in [4.69, 9.17) is 0 Å². The lowest BCUT2D eigenvalue weighted by atomic mass is 9.69. The number of benzene rings is 2. The third-order valence-corrected chi connectivity index (χ3v) is 8.57. The molecule has 0 aromatic heterocycles. The Labute approximate surface area is 239 Å². The van der Waals surface area contributed by atoms with E-state index < -0.39 is 5.41 Å². The molecular formula is C36H44O4. The molecule has 0 amide bonds. The predicted molar refractivity (Wildman–Crippen MR) is 167 cm³/mol. The number of rotatable bonds is 9. The van der Waals surface area contributed by atoms with Gasteiger partial charge in [-0.25, -0.2) is 0 Å². The predicted octanol–water partition coefficient (Wildman–Crippen LogP) is 10.0. The number of phenolic OH excluding ortho intramolecular Hbond substituents is 1. The van der Waals surface area contributed by atoms with Crippen LogP contribution in [0.4, 0.5) is 0 Å². The number of hydrogen-bond acceptors (Lipinski definition) is 4. The molecule has 4 N–H and O–H groups in total. The minimum Gasteiger partial charge on any atom is -0.512 e. The maximum absolute atomic E-state index is 10.7. The molecule has 0 saturated heterocycles. The molecule has 0 spiro atoms. The van der Waals surface area contributed by atoms with E-state index >= 15 is 0 Å². The van der Waals surface area contributed by atoms with Gasteiger partial charge in [-0.3, -0.25) is 0 Å². The van der Waals surface area contributed by atoms with Gasteiger partial charge in [-0.1, -0.05) is 68.8 Å².